The molecule has 1 aromatic heterocycles. The standard InChI is InChI=1S/C20H21N5O4/c1-12-6-8-24(9-7-12)18-5-3-14(25(28)29)11-15(18)19(26)21-13-2-4-16-17(10-13)23-20(27)22-16/h2-5,10-12H,6-9H2,1H3,(H,21,26)(H2,22,23,27). The predicted molar refractivity (Wildman–Crippen MR) is 111 cm³/mol. The Morgan fingerprint density at radius 3 is 2.59 bits per heavy atom. The maximum absolute atomic E-state index is 13.0. The number of benzene rings is 2. The molecule has 0 spiro atoms. The average Bonchev–Trinajstić information content (AvgIpc) is 3.07. The Hall–Kier alpha value is -3.62. The molecule has 0 atom stereocenters. The number of amides is 1. The molecule has 0 unspecified atom stereocenters. The number of carbonyl (C=O) groups is 1. The molecule has 0 bridgehead atoms. The number of hydrogen-bond acceptors (Lipinski definition) is 5. The molecular formula is C20H21N5O4. The number of nitrogens with one attached hydrogen (secondary N) is 3. The highest BCUT2D eigenvalue weighted by Crippen LogP contribution is 2.30. The summed E-state index contributed by atoms with van der Waals surface area (Å²) in [4.78, 5) is 42.6. The smallest absolute Gasteiger partial charge is 0.323 e. The van der Waals surface area contributed by atoms with Gasteiger partial charge in [0.05, 0.1) is 27.2 Å². The Kier molecular flexibility index (Phi) is 4.79. The zero-order valence-electron chi connectivity index (χ0n) is 15.9. The van der Waals surface area contributed by atoms with Gasteiger partial charge in [-0.1, -0.05) is 6.92 Å². The Labute approximate surface area is 165 Å². The van der Waals surface area contributed by atoms with Gasteiger partial charge in [0.25, 0.3) is 11.6 Å². The van der Waals surface area contributed by atoms with Crippen molar-refractivity contribution in [2.24, 2.45) is 5.92 Å². The van der Waals surface area contributed by atoms with E-state index in [0.29, 0.717) is 28.3 Å². The summed E-state index contributed by atoms with van der Waals surface area (Å²) in [5, 5.41) is 14.0. The topological polar surface area (TPSA) is 124 Å². The quantitative estimate of drug-likeness (QED) is 0.462. The molecule has 1 fully saturated rings. The van der Waals surface area contributed by atoms with Crippen molar-refractivity contribution in [2.45, 2.75) is 19.8 Å². The summed E-state index contributed by atoms with van der Waals surface area (Å²) in [6.07, 6.45) is 2.02. The van der Waals surface area contributed by atoms with E-state index in [1.807, 2.05) is 0 Å². The van der Waals surface area contributed by atoms with Crippen LogP contribution >= 0.6 is 0 Å². The molecule has 3 N–H and O–H groups in total. The van der Waals surface area contributed by atoms with Gasteiger partial charge in [0, 0.05) is 30.9 Å². The first-order valence-corrected chi connectivity index (χ1v) is 9.47. The van der Waals surface area contributed by atoms with Crippen molar-refractivity contribution in [2.75, 3.05) is 23.3 Å². The summed E-state index contributed by atoms with van der Waals surface area (Å²) in [6.45, 7) is 3.80. The molecule has 150 valence electrons. The minimum absolute atomic E-state index is 0.130. The normalized spacial score (nSPS) is 14.9. The molecular weight excluding hydrogens is 374 g/mol. The zero-order chi connectivity index (χ0) is 20.5. The highest BCUT2D eigenvalue weighted by Gasteiger charge is 2.23. The summed E-state index contributed by atoms with van der Waals surface area (Å²) in [5.74, 6) is 0.191. The lowest BCUT2D eigenvalue weighted by Gasteiger charge is -2.33. The lowest BCUT2D eigenvalue weighted by Crippen LogP contribution is -2.34. The largest absolute Gasteiger partial charge is 0.371 e. The molecule has 1 aliphatic heterocycles. The van der Waals surface area contributed by atoms with E-state index >= 15 is 0 Å². The first kappa shape index (κ1) is 18.7. The average molecular weight is 395 g/mol. The third kappa shape index (κ3) is 3.84. The number of H-pyrrole nitrogens is 2. The summed E-state index contributed by atoms with van der Waals surface area (Å²) in [6, 6.07) is 9.40. The Bertz CT molecular complexity index is 1140. The van der Waals surface area contributed by atoms with E-state index in [9.17, 15) is 19.7 Å². The molecule has 2 aromatic carbocycles. The number of nitro groups is 1. The monoisotopic (exact) mass is 395 g/mol. The number of aromatic nitrogens is 2. The minimum Gasteiger partial charge on any atom is -0.371 e. The van der Waals surface area contributed by atoms with Crippen LogP contribution in [0.3, 0.4) is 0 Å². The number of hydrogen-bond donors (Lipinski definition) is 3. The van der Waals surface area contributed by atoms with Crippen molar-refractivity contribution < 1.29 is 9.72 Å². The van der Waals surface area contributed by atoms with E-state index in [0.717, 1.165) is 25.9 Å². The number of nitrogens with zero attached hydrogens (tertiary/aromatic N) is 2. The number of piperidine rings is 1. The second-order valence-electron chi connectivity index (χ2n) is 7.42. The first-order chi connectivity index (χ1) is 13.9. The molecule has 1 amide bonds. The fraction of sp³-hybridized carbons (Fsp3) is 0.300. The van der Waals surface area contributed by atoms with Crippen LogP contribution in [-0.2, 0) is 0 Å². The van der Waals surface area contributed by atoms with Crippen molar-refractivity contribution in [3.8, 4) is 0 Å². The van der Waals surface area contributed by atoms with Crippen LogP contribution in [0.5, 0.6) is 0 Å². The number of imidazole rings is 1. The van der Waals surface area contributed by atoms with Crippen molar-refractivity contribution in [1.29, 1.82) is 0 Å². The van der Waals surface area contributed by atoms with Crippen molar-refractivity contribution in [3.05, 3.63) is 62.6 Å². The van der Waals surface area contributed by atoms with Crippen LogP contribution < -0.4 is 15.9 Å². The predicted octanol–water partition coefficient (Wildman–Crippen LogP) is 3.25. The summed E-state index contributed by atoms with van der Waals surface area (Å²) >= 11 is 0. The van der Waals surface area contributed by atoms with Crippen LogP contribution in [0.2, 0.25) is 0 Å². The van der Waals surface area contributed by atoms with Crippen LogP contribution in [0.1, 0.15) is 30.1 Å². The number of non-ortho nitro benzene ring substituents is 1. The van der Waals surface area contributed by atoms with Gasteiger partial charge in [0.2, 0.25) is 0 Å². The van der Waals surface area contributed by atoms with Crippen molar-refractivity contribution in [3.63, 3.8) is 0 Å². The Morgan fingerprint density at radius 2 is 1.86 bits per heavy atom. The van der Waals surface area contributed by atoms with E-state index in [-0.39, 0.29) is 16.9 Å². The molecule has 0 saturated carbocycles. The summed E-state index contributed by atoms with van der Waals surface area (Å²) < 4.78 is 0. The lowest BCUT2D eigenvalue weighted by atomic mass is 9.98. The van der Waals surface area contributed by atoms with Gasteiger partial charge in [0.15, 0.2) is 0 Å². The van der Waals surface area contributed by atoms with Gasteiger partial charge in [0.1, 0.15) is 0 Å². The second kappa shape index (κ2) is 7.42. The van der Waals surface area contributed by atoms with E-state index in [4.69, 9.17) is 0 Å². The zero-order valence-corrected chi connectivity index (χ0v) is 15.9. The SMILES string of the molecule is CC1CCN(c2ccc([N+](=O)[O-])cc2C(=O)Nc2ccc3[nH]c(=O)[nH]c3c2)CC1. The molecule has 3 aromatic rings. The van der Waals surface area contributed by atoms with Crippen LogP contribution in [-0.4, -0.2) is 33.9 Å². The van der Waals surface area contributed by atoms with E-state index in [1.54, 1.807) is 24.3 Å². The number of aromatic amines is 2. The van der Waals surface area contributed by atoms with Gasteiger partial charge in [-0.3, -0.25) is 14.9 Å². The van der Waals surface area contributed by atoms with E-state index in [2.05, 4.69) is 27.1 Å². The molecule has 29 heavy (non-hydrogen) atoms. The van der Waals surface area contributed by atoms with E-state index < -0.39 is 10.8 Å². The maximum Gasteiger partial charge on any atom is 0.323 e. The number of carbonyl (C=O) groups excluding carboxylic acids is 1. The molecule has 1 aliphatic rings. The number of anilines is 2. The summed E-state index contributed by atoms with van der Waals surface area (Å²) in [7, 11) is 0. The molecule has 1 saturated heterocycles. The van der Waals surface area contributed by atoms with Crippen LogP contribution in [0, 0.1) is 16.0 Å². The molecule has 2 heterocycles. The first-order valence-electron chi connectivity index (χ1n) is 9.47. The minimum atomic E-state index is -0.505. The van der Waals surface area contributed by atoms with Crippen LogP contribution in [0.15, 0.2) is 41.2 Å². The van der Waals surface area contributed by atoms with Gasteiger partial charge in [-0.05, 0) is 43.0 Å². The molecule has 0 radical (unpaired) electrons. The number of rotatable bonds is 4. The van der Waals surface area contributed by atoms with E-state index in [1.165, 1.54) is 12.1 Å². The highest BCUT2D eigenvalue weighted by molar-refractivity contribution is 6.09. The van der Waals surface area contributed by atoms with Gasteiger partial charge in [-0.15, -0.1) is 0 Å². The third-order valence-electron chi connectivity index (χ3n) is 5.33. The third-order valence-corrected chi connectivity index (χ3v) is 5.33. The van der Waals surface area contributed by atoms with Gasteiger partial charge in [-0.25, -0.2) is 4.79 Å². The summed E-state index contributed by atoms with van der Waals surface area (Å²) in [5.41, 5.74) is 2.18. The Balaban J connectivity index is 1.66. The lowest BCUT2D eigenvalue weighted by molar-refractivity contribution is -0.384. The fourth-order valence-corrected chi connectivity index (χ4v) is 3.65. The number of nitro benzene ring substituents is 1. The fourth-order valence-electron chi connectivity index (χ4n) is 3.65. The molecule has 0 aliphatic carbocycles. The van der Waals surface area contributed by atoms with Crippen molar-refractivity contribution in [1.82, 2.24) is 9.97 Å². The Morgan fingerprint density at radius 1 is 1.14 bits per heavy atom. The second-order valence-corrected chi connectivity index (χ2v) is 7.42. The van der Waals surface area contributed by atoms with Gasteiger partial charge < -0.3 is 20.2 Å². The van der Waals surface area contributed by atoms with Gasteiger partial charge in [-0.2, -0.15) is 0 Å². The van der Waals surface area contributed by atoms with Crippen LogP contribution in [0.25, 0.3) is 11.0 Å². The highest BCUT2D eigenvalue weighted by atomic mass is 16.6. The van der Waals surface area contributed by atoms with Crippen LogP contribution in [0.4, 0.5) is 17.1 Å². The molecule has 9 heteroatoms. The molecule has 9 nitrogen and oxygen atoms in total. The van der Waals surface area contributed by atoms with Crippen molar-refractivity contribution >= 4 is 34.0 Å². The number of fused-ring (bicyclic) bond motifs is 1. The van der Waals surface area contributed by atoms with Gasteiger partial charge >= 0.3 is 5.69 Å². The maximum atomic E-state index is 13.0. The molecule has 4 rings (SSSR count).